The van der Waals surface area contributed by atoms with E-state index in [0.717, 1.165) is 16.0 Å². The highest BCUT2D eigenvalue weighted by Crippen LogP contribution is 2.41. The number of para-hydroxylation sites is 1. The molecule has 32 heavy (non-hydrogen) atoms. The number of carbonyl (C=O) groups is 2. The molecule has 6 nitrogen and oxygen atoms in total. The highest BCUT2D eigenvalue weighted by Gasteiger charge is 2.27. The maximum Gasteiger partial charge on any atom is 0.255 e. The fraction of sp³-hybridized carbons (Fsp3) is 0.250. The molecule has 166 valence electrons. The molecule has 2 aromatic carbocycles. The Bertz CT molecular complexity index is 1190. The fourth-order valence-electron chi connectivity index (χ4n) is 3.69. The van der Waals surface area contributed by atoms with Crippen LogP contribution in [0, 0.1) is 0 Å². The Morgan fingerprint density at radius 3 is 2.69 bits per heavy atom. The summed E-state index contributed by atoms with van der Waals surface area (Å²) in [6, 6.07) is 12.8. The van der Waals surface area contributed by atoms with Gasteiger partial charge in [-0.2, -0.15) is 0 Å². The van der Waals surface area contributed by atoms with Gasteiger partial charge in [-0.25, -0.2) is 0 Å². The molecule has 4 rings (SSSR count). The van der Waals surface area contributed by atoms with E-state index in [4.69, 9.17) is 25.8 Å². The second-order valence-corrected chi connectivity index (χ2v) is 8.85. The highest BCUT2D eigenvalue weighted by molar-refractivity contribution is 7.17. The van der Waals surface area contributed by atoms with Gasteiger partial charge < -0.3 is 19.5 Å². The van der Waals surface area contributed by atoms with E-state index in [-0.39, 0.29) is 17.8 Å². The van der Waals surface area contributed by atoms with Crippen molar-refractivity contribution in [1.82, 2.24) is 5.32 Å². The molecule has 3 aromatic rings. The molecule has 1 unspecified atom stereocenters. The minimum Gasteiger partial charge on any atom is -0.493 e. The van der Waals surface area contributed by atoms with Crippen molar-refractivity contribution in [2.24, 2.45) is 0 Å². The first-order valence-electron chi connectivity index (χ1n) is 10.0. The predicted octanol–water partition coefficient (Wildman–Crippen LogP) is 5.02. The normalized spacial score (nSPS) is 14.4. The van der Waals surface area contributed by atoms with Gasteiger partial charge in [-0.05, 0) is 48.9 Å². The van der Waals surface area contributed by atoms with E-state index >= 15 is 0 Å². The first-order chi connectivity index (χ1) is 15.4. The van der Waals surface area contributed by atoms with Crippen LogP contribution >= 0.6 is 22.9 Å². The number of ketones is 1. The molecule has 1 aromatic heterocycles. The topological polar surface area (TPSA) is 73.9 Å². The van der Waals surface area contributed by atoms with Crippen LogP contribution in [-0.4, -0.2) is 38.6 Å². The summed E-state index contributed by atoms with van der Waals surface area (Å²) in [5.74, 6) is 1.28. The van der Waals surface area contributed by atoms with E-state index < -0.39 is 0 Å². The number of ether oxygens (including phenoxy) is 3. The smallest absolute Gasteiger partial charge is 0.255 e. The van der Waals surface area contributed by atoms with Gasteiger partial charge in [0.2, 0.25) is 0 Å². The Morgan fingerprint density at radius 1 is 1.19 bits per heavy atom. The summed E-state index contributed by atoms with van der Waals surface area (Å²) in [7, 11) is 3.02. The quantitative estimate of drug-likeness (QED) is 0.490. The monoisotopic (exact) mass is 471 g/mol. The predicted molar refractivity (Wildman–Crippen MR) is 125 cm³/mol. The minimum atomic E-state index is -0.276. The fourth-order valence-corrected chi connectivity index (χ4v) is 4.87. The zero-order chi connectivity index (χ0) is 22.8. The highest BCUT2D eigenvalue weighted by atomic mass is 35.5. The number of carbonyl (C=O) groups excluding carboxylic acids is 2. The standard InChI is InChI=1S/C24H22ClNO5S/c1-13(27)20-7-8-21(32-20)14-9-15-10-16(31-22(15)18(25)11-14)12-26-24(28)17-5-4-6-19(29-2)23(17)30-3/h4-9,11,16H,10,12H2,1-3H3,(H,26,28). The van der Waals surface area contributed by atoms with E-state index in [1.165, 1.54) is 25.6 Å². The first-order valence-corrected chi connectivity index (χ1v) is 11.2. The van der Waals surface area contributed by atoms with Gasteiger partial charge in [0.05, 0.1) is 36.2 Å². The van der Waals surface area contributed by atoms with Gasteiger partial charge in [-0.15, -0.1) is 11.3 Å². The molecule has 1 amide bonds. The van der Waals surface area contributed by atoms with Gasteiger partial charge in [0.15, 0.2) is 17.3 Å². The maximum absolute atomic E-state index is 12.7. The number of nitrogens with one attached hydrogen (secondary N) is 1. The van der Waals surface area contributed by atoms with Crippen molar-refractivity contribution in [3.63, 3.8) is 0 Å². The lowest BCUT2D eigenvalue weighted by Crippen LogP contribution is -2.34. The molecule has 8 heteroatoms. The molecule has 0 radical (unpaired) electrons. The molecule has 0 spiro atoms. The number of halogens is 1. The number of thiophene rings is 1. The van der Waals surface area contributed by atoms with Gasteiger partial charge in [-0.3, -0.25) is 9.59 Å². The summed E-state index contributed by atoms with van der Waals surface area (Å²) in [4.78, 5) is 26.0. The SMILES string of the molecule is COc1cccc(C(=O)NCC2Cc3cc(-c4ccc(C(C)=O)s4)cc(Cl)c3O2)c1OC. The Morgan fingerprint density at radius 2 is 2.00 bits per heavy atom. The van der Waals surface area contributed by atoms with Crippen molar-refractivity contribution in [2.75, 3.05) is 20.8 Å². The molecular formula is C24H22ClNO5S. The van der Waals surface area contributed by atoms with Crippen molar-refractivity contribution in [3.05, 3.63) is 63.5 Å². The van der Waals surface area contributed by atoms with Gasteiger partial charge in [0.25, 0.3) is 5.91 Å². The maximum atomic E-state index is 12.7. The van der Waals surface area contributed by atoms with Crippen molar-refractivity contribution < 1.29 is 23.8 Å². The molecule has 0 saturated carbocycles. The Hall–Kier alpha value is -3.03. The molecule has 0 aliphatic carbocycles. The van der Waals surface area contributed by atoms with E-state index in [1.807, 2.05) is 24.3 Å². The summed E-state index contributed by atoms with van der Waals surface area (Å²) in [6.07, 6.45) is 0.373. The number of amides is 1. The first kappa shape index (κ1) is 22.2. The van der Waals surface area contributed by atoms with Crippen LogP contribution in [0.1, 0.15) is 32.5 Å². The molecule has 1 aliphatic rings. The van der Waals surface area contributed by atoms with Gasteiger partial charge >= 0.3 is 0 Å². The molecule has 1 atom stereocenters. The summed E-state index contributed by atoms with van der Waals surface area (Å²) >= 11 is 7.92. The minimum absolute atomic E-state index is 0.0420. The molecule has 0 fully saturated rings. The van der Waals surface area contributed by atoms with E-state index in [0.29, 0.717) is 45.7 Å². The molecule has 2 heterocycles. The molecular weight excluding hydrogens is 450 g/mol. The van der Waals surface area contributed by atoms with Crippen molar-refractivity contribution >= 4 is 34.6 Å². The lowest BCUT2D eigenvalue weighted by Gasteiger charge is -2.15. The van der Waals surface area contributed by atoms with Crippen LogP contribution in [0.2, 0.25) is 5.02 Å². The lowest BCUT2D eigenvalue weighted by molar-refractivity contribution is 0.0929. The summed E-state index contributed by atoms with van der Waals surface area (Å²) in [5.41, 5.74) is 2.31. The number of hydrogen-bond donors (Lipinski definition) is 1. The van der Waals surface area contributed by atoms with Gasteiger partial charge in [0.1, 0.15) is 11.9 Å². The summed E-state index contributed by atoms with van der Waals surface area (Å²) < 4.78 is 16.6. The van der Waals surface area contributed by atoms with Crippen LogP contribution in [0.15, 0.2) is 42.5 Å². The molecule has 1 aliphatic heterocycles. The van der Waals surface area contributed by atoms with Gasteiger partial charge in [-0.1, -0.05) is 17.7 Å². The zero-order valence-corrected chi connectivity index (χ0v) is 19.4. The second-order valence-electron chi connectivity index (χ2n) is 7.36. The summed E-state index contributed by atoms with van der Waals surface area (Å²) in [6.45, 7) is 1.87. The number of benzene rings is 2. The Labute approximate surface area is 195 Å². The molecule has 0 saturated heterocycles. The van der Waals surface area contributed by atoms with Crippen molar-refractivity contribution in [2.45, 2.75) is 19.4 Å². The molecule has 0 bridgehead atoms. The average molecular weight is 472 g/mol. The third kappa shape index (κ3) is 4.31. The Balaban J connectivity index is 1.46. The number of Topliss-reactive ketones (excluding diaryl/α,β-unsaturated/α-hetero) is 1. The van der Waals surface area contributed by atoms with Crippen molar-refractivity contribution in [3.8, 4) is 27.7 Å². The van der Waals surface area contributed by atoms with Gasteiger partial charge in [0, 0.05) is 16.9 Å². The van der Waals surface area contributed by atoms with E-state index in [9.17, 15) is 9.59 Å². The largest absolute Gasteiger partial charge is 0.493 e. The third-order valence-electron chi connectivity index (χ3n) is 5.23. The number of fused-ring (bicyclic) bond motifs is 1. The number of rotatable bonds is 7. The second kappa shape index (κ2) is 9.22. The number of hydrogen-bond acceptors (Lipinski definition) is 6. The van der Waals surface area contributed by atoms with E-state index in [2.05, 4.69) is 5.32 Å². The number of methoxy groups -OCH3 is 2. The summed E-state index contributed by atoms with van der Waals surface area (Å²) in [5, 5.41) is 3.42. The van der Waals surface area contributed by atoms with Crippen LogP contribution in [-0.2, 0) is 6.42 Å². The third-order valence-corrected chi connectivity index (χ3v) is 6.74. The van der Waals surface area contributed by atoms with Crippen LogP contribution in [0.25, 0.3) is 10.4 Å². The van der Waals surface area contributed by atoms with Crippen LogP contribution in [0.3, 0.4) is 0 Å². The zero-order valence-electron chi connectivity index (χ0n) is 17.9. The average Bonchev–Trinajstić information content (AvgIpc) is 3.44. The van der Waals surface area contributed by atoms with E-state index in [1.54, 1.807) is 25.1 Å². The van der Waals surface area contributed by atoms with Crippen LogP contribution < -0.4 is 19.5 Å². The Kier molecular flexibility index (Phi) is 6.39. The van der Waals surface area contributed by atoms with Crippen LogP contribution in [0.5, 0.6) is 17.2 Å². The molecule has 1 N–H and O–H groups in total. The van der Waals surface area contributed by atoms with Crippen molar-refractivity contribution in [1.29, 1.82) is 0 Å². The lowest BCUT2D eigenvalue weighted by atomic mass is 10.1. The van der Waals surface area contributed by atoms with Crippen LogP contribution in [0.4, 0.5) is 0 Å².